The molecule has 0 aliphatic carbocycles. The maximum Gasteiger partial charge on any atom is 0.322 e. The molecule has 0 saturated heterocycles. The smallest absolute Gasteiger partial charge is 0.322 e. The molecule has 0 aliphatic rings. The molecule has 0 spiro atoms. The average Bonchev–Trinajstić information content (AvgIpc) is 1.80. The number of hydrogen-bond acceptors (Lipinski definition) is 4. The lowest BCUT2D eigenvalue weighted by Gasteiger charge is -2.20. The molecule has 0 saturated carbocycles. The minimum atomic E-state index is -1.03. The molecule has 0 radical (unpaired) electrons. The van der Waals surface area contributed by atoms with E-state index in [4.69, 9.17) is 15.6 Å². The first kappa shape index (κ1) is 13.9. The molecule has 0 bridgehead atoms. The predicted molar refractivity (Wildman–Crippen MR) is 46.3 cm³/mol. The van der Waals surface area contributed by atoms with Crippen LogP contribution in [-0.2, 0) is 9.53 Å². The van der Waals surface area contributed by atoms with Gasteiger partial charge in [-0.1, -0.05) is 0 Å². The first-order valence-electron chi connectivity index (χ1n) is 3.45. The van der Waals surface area contributed by atoms with Gasteiger partial charge in [-0.25, -0.2) is 0 Å². The van der Waals surface area contributed by atoms with E-state index < -0.39 is 12.0 Å². The van der Waals surface area contributed by atoms with E-state index in [1.54, 1.807) is 0 Å². The fraction of sp³-hybridized carbons (Fsp3) is 0.857. The van der Waals surface area contributed by atoms with Crippen molar-refractivity contribution in [2.24, 2.45) is 5.73 Å². The summed E-state index contributed by atoms with van der Waals surface area (Å²) in [4.78, 5) is 10.2. The lowest BCUT2D eigenvalue weighted by Crippen LogP contribution is -2.37. The van der Waals surface area contributed by atoms with E-state index in [-0.39, 0.29) is 18.4 Å². The van der Waals surface area contributed by atoms with E-state index in [1.165, 1.54) is 0 Å². The highest BCUT2D eigenvalue weighted by molar-refractivity contribution is 5.73. The van der Waals surface area contributed by atoms with Gasteiger partial charge in [-0.05, 0) is 20.8 Å². The Morgan fingerprint density at radius 2 is 2.00 bits per heavy atom. The summed E-state index contributed by atoms with van der Waals surface area (Å²) in [6.07, 6.45) is 0. The maximum atomic E-state index is 10.2. The lowest BCUT2D eigenvalue weighted by atomic mass is 10.2. The zero-order valence-electron chi connectivity index (χ0n) is 7.83. The molecule has 0 aromatic rings. The highest BCUT2D eigenvalue weighted by Crippen LogP contribution is 2.06. The van der Waals surface area contributed by atoms with Crippen molar-refractivity contribution in [1.29, 1.82) is 0 Å². The van der Waals surface area contributed by atoms with Crippen molar-refractivity contribution < 1.29 is 14.6 Å². The Morgan fingerprint density at radius 3 is 2.25 bits per heavy atom. The van der Waals surface area contributed by atoms with Gasteiger partial charge in [0.05, 0.1) is 12.2 Å². The summed E-state index contributed by atoms with van der Waals surface area (Å²) < 4.78 is 5.15. The second-order valence-electron chi connectivity index (χ2n) is 3.37. The summed E-state index contributed by atoms with van der Waals surface area (Å²) in [5.41, 5.74) is 4.87. The van der Waals surface area contributed by atoms with E-state index >= 15 is 0 Å². The largest absolute Gasteiger partial charge is 0.480 e. The standard InChI is InChI=1S/C7H15NO3.H3N/c1-7(2,3)11-4-5(8)6(9)10;/h5H,4,8H2,1-3H3,(H,9,10);1H3/t5-;/m0./s1. The molecule has 0 aliphatic heterocycles. The van der Waals surface area contributed by atoms with E-state index in [0.717, 1.165) is 0 Å². The molecule has 0 aromatic carbocycles. The van der Waals surface area contributed by atoms with Crippen LogP contribution in [0.3, 0.4) is 0 Å². The van der Waals surface area contributed by atoms with Crippen LogP contribution in [0.1, 0.15) is 20.8 Å². The van der Waals surface area contributed by atoms with Crippen molar-refractivity contribution >= 4 is 5.97 Å². The minimum Gasteiger partial charge on any atom is -0.480 e. The van der Waals surface area contributed by atoms with Gasteiger partial charge in [-0.3, -0.25) is 4.79 Å². The third-order valence-electron chi connectivity index (χ3n) is 1.01. The molecule has 5 nitrogen and oxygen atoms in total. The Labute approximate surface area is 72.5 Å². The number of hydrogen-bond donors (Lipinski definition) is 3. The summed E-state index contributed by atoms with van der Waals surface area (Å²) in [5, 5.41) is 8.37. The molecular formula is C7H18N2O3. The van der Waals surface area contributed by atoms with Crippen molar-refractivity contribution in [3.8, 4) is 0 Å². The van der Waals surface area contributed by atoms with Gasteiger partial charge in [0, 0.05) is 0 Å². The molecule has 0 heterocycles. The zero-order valence-corrected chi connectivity index (χ0v) is 7.83. The molecular weight excluding hydrogens is 160 g/mol. The fourth-order valence-electron chi connectivity index (χ4n) is 0.411. The van der Waals surface area contributed by atoms with Crippen molar-refractivity contribution in [3.05, 3.63) is 0 Å². The van der Waals surface area contributed by atoms with Crippen LogP contribution in [0.25, 0.3) is 0 Å². The number of carbonyl (C=O) groups is 1. The first-order chi connectivity index (χ1) is 4.83. The van der Waals surface area contributed by atoms with Crippen LogP contribution in [0.5, 0.6) is 0 Å². The molecule has 0 unspecified atom stereocenters. The predicted octanol–water partition coefficient (Wildman–Crippen LogP) is 0.375. The number of carboxylic acid groups (broad SMARTS) is 1. The molecule has 0 amide bonds. The van der Waals surface area contributed by atoms with E-state index in [9.17, 15) is 4.79 Å². The van der Waals surface area contributed by atoms with E-state index in [0.29, 0.717) is 0 Å². The Hall–Kier alpha value is -0.650. The van der Waals surface area contributed by atoms with Gasteiger partial charge in [0.2, 0.25) is 0 Å². The van der Waals surface area contributed by atoms with Crippen molar-refractivity contribution in [2.45, 2.75) is 32.4 Å². The topological polar surface area (TPSA) is 108 Å². The van der Waals surface area contributed by atoms with Gasteiger partial charge in [0.15, 0.2) is 0 Å². The van der Waals surface area contributed by atoms with Gasteiger partial charge in [0.25, 0.3) is 0 Å². The lowest BCUT2D eigenvalue weighted by molar-refractivity contribution is -0.141. The van der Waals surface area contributed by atoms with Gasteiger partial charge < -0.3 is 21.7 Å². The molecule has 12 heavy (non-hydrogen) atoms. The van der Waals surface area contributed by atoms with E-state index in [1.807, 2.05) is 20.8 Å². The van der Waals surface area contributed by atoms with Gasteiger partial charge in [-0.15, -0.1) is 0 Å². The van der Waals surface area contributed by atoms with Crippen molar-refractivity contribution in [2.75, 3.05) is 6.61 Å². The second kappa shape index (κ2) is 5.08. The fourth-order valence-corrected chi connectivity index (χ4v) is 0.411. The SMILES string of the molecule is CC(C)(C)OC[C@H](N)C(=O)O.N. The summed E-state index contributed by atoms with van der Waals surface area (Å²) in [5.74, 6) is -1.03. The molecule has 0 fully saturated rings. The maximum absolute atomic E-state index is 10.2. The normalized spacial score (nSPS) is 13.3. The first-order valence-corrected chi connectivity index (χ1v) is 3.45. The minimum absolute atomic E-state index is 0. The van der Waals surface area contributed by atoms with Crippen LogP contribution in [-0.4, -0.2) is 29.3 Å². The monoisotopic (exact) mass is 178 g/mol. The average molecular weight is 178 g/mol. The Morgan fingerprint density at radius 1 is 1.58 bits per heavy atom. The second-order valence-corrected chi connectivity index (χ2v) is 3.37. The van der Waals surface area contributed by atoms with Crippen LogP contribution < -0.4 is 11.9 Å². The Bertz CT molecular complexity index is 142. The molecule has 1 atom stereocenters. The Kier molecular flexibility index (Phi) is 5.88. The molecule has 0 rings (SSSR count). The third-order valence-corrected chi connectivity index (χ3v) is 1.01. The van der Waals surface area contributed by atoms with Gasteiger partial charge >= 0.3 is 5.97 Å². The highest BCUT2D eigenvalue weighted by Gasteiger charge is 2.16. The molecule has 6 N–H and O–H groups in total. The van der Waals surface area contributed by atoms with Gasteiger partial charge in [0.1, 0.15) is 6.04 Å². The number of rotatable bonds is 3. The summed E-state index contributed by atoms with van der Waals surface area (Å²) >= 11 is 0. The highest BCUT2D eigenvalue weighted by atomic mass is 16.5. The third kappa shape index (κ3) is 7.46. The molecule has 5 heteroatoms. The van der Waals surface area contributed by atoms with Crippen LogP contribution in [0.15, 0.2) is 0 Å². The Balaban J connectivity index is 0. The number of carboxylic acids is 1. The number of ether oxygens (including phenoxy) is 1. The number of nitrogens with two attached hydrogens (primary N) is 1. The van der Waals surface area contributed by atoms with Crippen LogP contribution in [0.4, 0.5) is 0 Å². The van der Waals surface area contributed by atoms with Crippen LogP contribution in [0, 0.1) is 0 Å². The van der Waals surface area contributed by atoms with Crippen LogP contribution in [0.2, 0.25) is 0 Å². The summed E-state index contributed by atoms with van der Waals surface area (Å²) in [6.45, 7) is 5.60. The van der Waals surface area contributed by atoms with E-state index in [2.05, 4.69) is 0 Å². The van der Waals surface area contributed by atoms with Crippen LogP contribution >= 0.6 is 0 Å². The number of aliphatic carboxylic acids is 1. The van der Waals surface area contributed by atoms with Crippen molar-refractivity contribution in [1.82, 2.24) is 6.15 Å². The van der Waals surface area contributed by atoms with Gasteiger partial charge in [-0.2, -0.15) is 0 Å². The van der Waals surface area contributed by atoms with Crippen molar-refractivity contribution in [3.63, 3.8) is 0 Å². The summed E-state index contributed by atoms with van der Waals surface area (Å²) in [7, 11) is 0. The quantitative estimate of drug-likeness (QED) is 0.578. The molecule has 74 valence electrons. The zero-order chi connectivity index (χ0) is 9.07. The molecule has 0 aromatic heterocycles. The summed E-state index contributed by atoms with van der Waals surface area (Å²) in [6, 6.07) is -0.922.